The molecule has 4 aromatic rings. The summed E-state index contributed by atoms with van der Waals surface area (Å²) in [4.78, 5) is 29.8. The van der Waals surface area contributed by atoms with Crippen molar-refractivity contribution in [2.75, 3.05) is 0 Å². The third-order valence-corrected chi connectivity index (χ3v) is 5.81. The van der Waals surface area contributed by atoms with Crippen molar-refractivity contribution in [3.05, 3.63) is 113 Å². The Bertz CT molecular complexity index is 1160. The van der Waals surface area contributed by atoms with E-state index in [9.17, 15) is 9.59 Å². The van der Waals surface area contributed by atoms with Crippen molar-refractivity contribution in [2.45, 2.75) is 19.1 Å². The summed E-state index contributed by atoms with van der Waals surface area (Å²) in [7, 11) is 0. The first kappa shape index (κ1) is 21.5. The number of rotatable bonds is 8. The summed E-state index contributed by atoms with van der Waals surface area (Å²) in [6.07, 6.45) is 0.0261. The van der Waals surface area contributed by atoms with Crippen LogP contribution in [0.25, 0.3) is 10.6 Å². The summed E-state index contributed by atoms with van der Waals surface area (Å²) in [5, 5.41) is 5.72. The van der Waals surface area contributed by atoms with Crippen LogP contribution in [-0.4, -0.2) is 16.9 Å². The normalized spacial score (nSPS) is 11.5. The van der Waals surface area contributed by atoms with E-state index >= 15 is 0 Å². The van der Waals surface area contributed by atoms with Crippen molar-refractivity contribution in [3.8, 4) is 10.6 Å². The molecule has 0 aliphatic heterocycles. The number of thiazole rings is 1. The predicted molar refractivity (Wildman–Crippen MR) is 125 cm³/mol. The van der Waals surface area contributed by atoms with Crippen molar-refractivity contribution >= 4 is 23.2 Å². The van der Waals surface area contributed by atoms with Crippen molar-refractivity contribution < 1.29 is 14.3 Å². The van der Waals surface area contributed by atoms with Crippen molar-refractivity contribution in [1.29, 1.82) is 0 Å². The molecule has 0 radical (unpaired) electrons. The zero-order valence-corrected chi connectivity index (χ0v) is 18.1. The first-order chi connectivity index (χ1) is 15.7. The van der Waals surface area contributed by atoms with Crippen molar-refractivity contribution in [2.24, 2.45) is 0 Å². The molecule has 160 valence electrons. The van der Waals surface area contributed by atoms with Gasteiger partial charge in [-0.1, -0.05) is 78.9 Å². The lowest BCUT2D eigenvalue weighted by Gasteiger charge is -2.18. The topological polar surface area (TPSA) is 68.3 Å². The molecular formula is C26H22N2O3S. The fraction of sp³-hybridized carbons (Fsp3) is 0.115. The number of amides is 1. The monoisotopic (exact) mass is 442 g/mol. The minimum absolute atomic E-state index is 0.0261. The Balaban J connectivity index is 1.39. The highest BCUT2D eigenvalue weighted by Gasteiger charge is 2.20. The quantitative estimate of drug-likeness (QED) is 0.370. The maximum absolute atomic E-state index is 12.7. The van der Waals surface area contributed by atoms with E-state index in [0.29, 0.717) is 11.3 Å². The molecule has 1 atom stereocenters. The Morgan fingerprint density at radius 2 is 1.50 bits per heavy atom. The molecule has 0 aliphatic carbocycles. The van der Waals surface area contributed by atoms with Crippen LogP contribution >= 0.6 is 11.3 Å². The van der Waals surface area contributed by atoms with Crippen LogP contribution in [0.4, 0.5) is 0 Å². The smallest absolute Gasteiger partial charge is 0.308 e. The van der Waals surface area contributed by atoms with E-state index in [0.717, 1.165) is 16.1 Å². The van der Waals surface area contributed by atoms with Crippen molar-refractivity contribution in [1.82, 2.24) is 10.3 Å². The van der Waals surface area contributed by atoms with Gasteiger partial charge in [-0.05, 0) is 17.7 Å². The number of benzene rings is 3. The van der Waals surface area contributed by atoms with Gasteiger partial charge in [0.05, 0.1) is 18.2 Å². The molecule has 1 unspecified atom stereocenters. The van der Waals surface area contributed by atoms with Crippen LogP contribution in [0.2, 0.25) is 0 Å². The van der Waals surface area contributed by atoms with E-state index in [1.54, 1.807) is 24.3 Å². The predicted octanol–water partition coefficient (Wildman–Crippen LogP) is 5.41. The molecule has 5 nitrogen and oxygen atoms in total. The van der Waals surface area contributed by atoms with Crippen LogP contribution in [0.3, 0.4) is 0 Å². The molecule has 6 heteroatoms. The second kappa shape index (κ2) is 10.5. The zero-order valence-electron chi connectivity index (χ0n) is 17.3. The molecule has 1 amide bonds. The Labute approximate surface area is 190 Å². The summed E-state index contributed by atoms with van der Waals surface area (Å²) in [5.74, 6) is -0.638. The van der Waals surface area contributed by atoms with Crippen molar-refractivity contribution in [3.63, 3.8) is 0 Å². The number of hydrogen-bond donors (Lipinski definition) is 1. The van der Waals surface area contributed by atoms with Gasteiger partial charge in [0.2, 0.25) is 0 Å². The molecule has 0 bridgehead atoms. The van der Waals surface area contributed by atoms with Crippen LogP contribution in [0, 0.1) is 0 Å². The summed E-state index contributed by atoms with van der Waals surface area (Å²) >= 11 is 1.51. The van der Waals surface area contributed by atoms with Gasteiger partial charge < -0.3 is 10.1 Å². The Morgan fingerprint density at radius 3 is 2.19 bits per heavy atom. The standard InChI is InChI=1S/C26H22N2O3S/c29-24(31-17-22-18-32-26(27-22)21-14-8-3-9-15-21)16-23(19-10-4-1-5-11-19)28-25(30)20-12-6-2-7-13-20/h1-15,18,23H,16-17H2,(H,28,30). The molecular weight excluding hydrogens is 420 g/mol. The van der Waals surface area contributed by atoms with Gasteiger partial charge in [-0.25, -0.2) is 4.98 Å². The van der Waals surface area contributed by atoms with Gasteiger partial charge in [0, 0.05) is 16.5 Å². The fourth-order valence-corrected chi connectivity index (χ4v) is 4.05. The van der Waals surface area contributed by atoms with Gasteiger partial charge in [0.25, 0.3) is 5.91 Å². The van der Waals surface area contributed by atoms with Gasteiger partial charge in [0.1, 0.15) is 11.6 Å². The molecule has 3 aromatic carbocycles. The number of esters is 1. The van der Waals surface area contributed by atoms with Gasteiger partial charge in [0.15, 0.2) is 0 Å². The van der Waals surface area contributed by atoms with Crippen LogP contribution in [0.5, 0.6) is 0 Å². The molecule has 1 heterocycles. The van der Waals surface area contributed by atoms with Crippen LogP contribution in [0.1, 0.15) is 34.1 Å². The van der Waals surface area contributed by atoms with E-state index in [1.807, 2.05) is 72.1 Å². The first-order valence-corrected chi connectivity index (χ1v) is 11.1. The highest BCUT2D eigenvalue weighted by Crippen LogP contribution is 2.24. The SMILES string of the molecule is O=C(CC(NC(=O)c1ccccc1)c1ccccc1)OCc1csc(-c2ccccc2)n1. The number of aromatic nitrogens is 1. The van der Waals surface area contributed by atoms with E-state index in [2.05, 4.69) is 10.3 Å². The molecule has 0 spiro atoms. The number of carbonyl (C=O) groups is 2. The minimum Gasteiger partial charge on any atom is -0.459 e. The molecule has 0 aliphatic rings. The Kier molecular flexibility index (Phi) is 7.05. The van der Waals surface area contributed by atoms with E-state index < -0.39 is 12.0 Å². The summed E-state index contributed by atoms with van der Waals surface area (Å²) in [6.45, 7) is 0.0936. The summed E-state index contributed by atoms with van der Waals surface area (Å²) in [6, 6.07) is 27.7. The minimum atomic E-state index is -0.494. The van der Waals surface area contributed by atoms with Crippen LogP contribution in [-0.2, 0) is 16.1 Å². The lowest BCUT2D eigenvalue weighted by atomic mass is 10.0. The number of ether oxygens (including phenoxy) is 1. The third-order valence-electron chi connectivity index (χ3n) is 4.87. The van der Waals surface area contributed by atoms with Gasteiger partial charge in [-0.2, -0.15) is 0 Å². The molecule has 1 aromatic heterocycles. The number of hydrogen-bond acceptors (Lipinski definition) is 5. The maximum atomic E-state index is 12.7. The first-order valence-electron chi connectivity index (χ1n) is 10.3. The number of nitrogens with zero attached hydrogens (tertiary/aromatic N) is 1. The molecule has 0 fully saturated rings. The summed E-state index contributed by atoms with van der Waals surface area (Å²) in [5.41, 5.74) is 3.11. The van der Waals surface area contributed by atoms with Gasteiger partial charge in [-0.3, -0.25) is 9.59 Å². The highest BCUT2D eigenvalue weighted by molar-refractivity contribution is 7.13. The Hall–Kier alpha value is -3.77. The summed E-state index contributed by atoms with van der Waals surface area (Å²) < 4.78 is 5.47. The average Bonchev–Trinajstić information content (AvgIpc) is 3.33. The Morgan fingerprint density at radius 1 is 0.875 bits per heavy atom. The fourth-order valence-electron chi connectivity index (χ4n) is 3.24. The second-order valence-corrected chi connectivity index (χ2v) is 8.04. The largest absolute Gasteiger partial charge is 0.459 e. The molecule has 0 saturated carbocycles. The van der Waals surface area contributed by atoms with E-state index in [4.69, 9.17) is 4.74 Å². The van der Waals surface area contributed by atoms with Crippen LogP contribution in [0.15, 0.2) is 96.4 Å². The number of carbonyl (C=O) groups excluding carboxylic acids is 2. The molecule has 0 saturated heterocycles. The zero-order chi connectivity index (χ0) is 22.2. The van der Waals surface area contributed by atoms with Gasteiger partial charge in [-0.15, -0.1) is 11.3 Å². The maximum Gasteiger partial charge on any atom is 0.308 e. The molecule has 1 N–H and O–H groups in total. The average molecular weight is 443 g/mol. The lowest BCUT2D eigenvalue weighted by Crippen LogP contribution is -2.30. The van der Waals surface area contributed by atoms with Crippen LogP contribution < -0.4 is 5.32 Å². The lowest BCUT2D eigenvalue weighted by molar-refractivity contribution is -0.145. The number of nitrogens with one attached hydrogen (secondary N) is 1. The van der Waals surface area contributed by atoms with E-state index in [-0.39, 0.29) is 18.9 Å². The second-order valence-electron chi connectivity index (χ2n) is 7.18. The van der Waals surface area contributed by atoms with Gasteiger partial charge >= 0.3 is 5.97 Å². The third kappa shape index (κ3) is 5.68. The molecule has 32 heavy (non-hydrogen) atoms. The highest BCUT2D eigenvalue weighted by atomic mass is 32.1. The molecule has 4 rings (SSSR count). The van der Waals surface area contributed by atoms with E-state index in [1.165, 1.54) is 11.3 Å².